The SMILES string of the molecule is O=c1cc(O)nc(SCc2c(F)cccc2Cl)n1C1CCCC1. The van der Waals surface area contributed by atoms with E-state index < -0.39 is 0 Å². The molecular weight excluding hydrogens is 339 g/mol. The largest absolute Gasteiger partial charge is 0.493 e. The van der Waals surface area contributed by atoms with Gasteiger partial charge >= 0.3 is 0 Å². The van der Waals surface area contributed by atoms with Crippen molar-refractivity contribution < 1.29 is 9.50 Å². The molecule has 1 fully saturated rings. The number of aromatic nitrogens is 2. The number of benzene rings is 1. The van der Waals surface area contributed by atoms with Gasteiger partial charge in [-0.1, -0.05) is 42.3 Å². The lowest BCUT2D eigenvalue weighted by molar-refractivity contribution is 0.406. The Hall–Kier alpha value is -1.53. The van der Waals surface area contributed by atoms with Crippen molar-refractivity contribution in [2.24, 2.45) is 0 Å². The second kappa shape index (κ2) is 6.93. The number of halogens is 2. The molecule has 1 heterocycles. The molecule has 0 bridgehead atoms. The standard InChI is InChI=1S/C16H16ClFN2O2S/c17-12-6-3-7-13(18)11(12)9-23-16-19-14(21)8-15(22)20(16)10-4-1-2-5-10/h3,6-8,10,21H,1-2,4-5,9H2. The minimum atomic E-state index is -0.389. The lowest BCUT2D eigenvalue weighted by atomic mass is 10.2. The van der Waals surface area contributed by atoms with Crippen LogP contribution in [-0.2, 0) is 5.75 Å². The number of rotatable bonds is 4. The van der Waals surface area contributed by atoms with Gasteiger partial charge < -0.3 is 5.11 Å². The predicted molar refractivity (Wildman–Crippen MR) is 88.6 cm³/mol. The first-order valence-corrected chi connectivity index (χ1v) is 8.81. The van der Waals surface area contributed by atoms with Crippen LogP contribution in [0.4, 0.5) is 4.39 Å². The maximum atomic E-state index is 13.9. The summed E-state index contributed by atoms with van der Waals surface area (Å²) >= 11 is 7.24. The second-order valence-electron chi connectivity index (χ2n) is 5.53. The van der Waals surface area contributed by atoms with E-state index in [0.29, 0.717) is 15.7 Å². The molecule has 0 saturated heterocycles. The van der Waals surface area contributed by atoms with Crippen LogP contribution in [-0.4, -0.2) is 14.7 Å². The Morgan fingerprint density at radius 2 is 2.13 bits per heavy atom. The Balaban J connectivity index is 1.91. The average Bonchev–Trinajstić information content (AvgIpc) is 3.00. The third-order valence-corrected chi connectivity index (χ3v) is 5.34. The van der Waals surface area contributed by atoms with Crippen LogP contribution < -0.4 is 5.56 Å². The van der Waals surface area contributed by atoms with Gasteiger partial charge in [0.15, 0.2) is 5.16 Å². The molecular formula is C16H16ClFN2O2S. The molecule has 122 valence electrons. The van der Waals surface area contributed by atoms with Gasteiger partial charge in [0.25, 0.3) is 5.56 Å². The van der Waals surface area contributed by atoms with Crippen molar-refractivity contribution in [1.82, 2.24) is 9.55 Å². The van der Waals surface area contributed by atoms with E-state index in [1.54, 1.807) is 16.7 Å². The molecule has 2 aromatic rings. The fourth-order valence-electron chi connectivity index (χ4n) is 2.87. The highest BCUT2D eigenvalue weighted by Crippen LogP contribution is 2.33. The Morgan fingerprint density at radius 1 is 1.39 bits per heavy atom. The van der Waals surface area contributed by atoms with Crippen molar-refractivity contribution in [2.45, 2.75) is 42.6 Å². The molecule has 0 unspecified atom stereocenters. The van der Waals surface area contributed by atoms with E-state index in [2.05, 4.69) is 4.98 Å². The number of hydrogen-bond donors (Lipinski definition) is 1. The average molecular weight is 355 g/mol. The van der Waals surface area contributed by atoms with Gasteiger partial charge in [-0.25, -0.2) is 4.39 Å². The van der Waals surface area contributed by atoms with Gasteiger partial charge in [-0.3, -0.25) is 9.36 Å². The van der Waals surface area contributed by atoms with Crippen LogP contribution in [0.5, 0.6) is 5.88 Å². The molecule has 0 radical (unpaired) electrons. The summed E-state index contributed by atoms with van der Waals surface area (Å²) in [5.74, 6) is -0.458. The molecule has 1 saturated carbocycles. The molecule has 0 spiro atoms. The molecule has 23 heavy (non-hydrogen) atoms. The summed E-state index contributed by atoms with van der Waals surface area (Å²) < 4.78 is 15.5. The summed E-state index contributed by atoms with van der Waals surface area (Å²) in [7, 11) is 0. The van der Waals surface area contributed by atoms with E-state index in [-0.39, 0.29) is 29.1 Å². The lowest BCUT2D eigenvalue weighted by Crippen LogP contribution is -2.25. The van der Waals surface area contributed by atoms with E-state index in [0.717, 1.165) is 31.7 Å². The van der Waals surface area contributed by atoms with Gasteiger partial charge in [0.1, 0.15) is 5.82 Å². The van der Waals surface area contributed by atoms with Crippen molar-refractivity contribution in [2.75, 3.05) is 0 Å². The normalized spacial score (nSPS) is 15.2. The zero-order valence-corrected chi connectivity index (χ0v) is 13.9. The Bertz CT molecular complexity index is 755. The van der Waals surface area contributed by atoms with Crippen molar-refractivity contribution in [3.8, 4) is 5.88 Å². The van der Waals surface area contributed by atoms with Crippen LogP contribution in [0.25, 0.3) is 0 Å². The van der Waals surface area contributed by atoms with Gasteiger partial charge in [-0.2, -0.15) is 4.98 Å². The minimum Gasteiger partial charge on any atom is -0.493 e. The topological polar surface area (TPSA) is 55.1 Å². The van der Waals surface area contributed by atoms with Crippen molar-refractivity contribution in [3.63, 3.8) is 0 Å². The third kappa shape index (κ3) is 3.53. The Labute approximate surface area is 142 Å². The van der Waals surface area contributed by atoms with E-state index in [4.69, 9.17) is 11.6 Å². The maximum absolute atomic E-state index is 13.9. The molecule has 1 aromatic carbocycles. The summed E-state index contributed by atoms with van der Waals surface area (Å²) in [4.78, 5) is 16.3. The number of aromatic hydroxyl groups is 1. The van der Waals surface area contributed by atoms with Crippen molar-refractivity contribution in [1.29, 1.82) is 0 Å². The number of nitrogens with zero attached hydrogens (tertiary/aromatic N) is 2. The summed E-state index contributed by atoms with van der Waals surface area (Å²) in [5.41, 5.74) is 0.0984. The van der Waals surface area contributed by atoms with E-state index in [1.807, 2.05) is 0 Å². The number of hydrogen-bond acceptors (Lipinski definition) is 4. The second-order valence-corrected chi connectivity index (χ2v) is 6.88. The minimum absolute atomic E-state index is 0.0918. The first-order chi connectivity index (χ1) is 11.1. The fourth-order valence-corrected chi connectivity index (χ4v) is 4.28. The first kappa shape index (κ1) is 16.3. The molecule has 1 aromatic heterocycles. The van der Waals surface area contributed by atoms with Crippen molar-refractivity contribution in [3.05, 3.63) is 51.0 Å². The van der Waals surface area contributed by atoms with E-state index in [1.165, 1.54) is 17.8 Å². The molecule has 0 amide bonds. The van der Waals surface area contributed by atoms with E-state index >= 15 is 0 Å². The monoisotopic (exact) mass is 354 g/mol. The third-order valence-electron chi connectivity index (χ3n) is 4.00. The van der Waals surface area contributed by atoms with Crippen LogP contribution in [0.15, 0.2) is 34.2 Å². The highest BCUT2D eigenvalue weighted by Gasteiger charge is 2.22. The summed E-state index contributed by atoms with van der Waals surface area (Å²) in [5, 5.41) is 10.4. The smallest absolute Gasteiger partial charge is 0.258 e. The lowest BCUT2D eigenvalue weighted by Gasteiger charge is -2.17. The summed E-state index contributed by atoms with van der Waals surface area (Å²) in [6.45, 7) is 0. The number of thioether (sulfide) groups is 1. The summed E-state index contributed by atoms with van der Waals surface area (Å²) in [6.07, 6.45) is 3.98. The molecule has 4 nitrogen and oxygen atoms in total. The van der Waals surface area contributed by atoms with Gasteiger partial charge in [0, 0.05) is 22.4 Å². The van der Waals surface area contributed by atoms with Crippen LogP contribution in [0, 0.1) is 5.82 Å². The van der Waals surface area contributed by atoms with Crippen LogP contribution in [0.3, 0.4) is 0 Å². The quantitative estimate of drug-likeness (QED) is 0.662. The molecule has 1 N–H and O–H groups in total. The summed E-state index contributed by atoms with van der Waals surface area (Å²) in [6, 6.07) is 5.74. The van der Waals surface area contributed by atoms with Crippen molar-refractivity contribution >= 4 is 23.4 Å². The van der Waals surface area contributed by atoms with E-state index in [9.17, 15) is 14.3 Å². The van der Waals surface area contributed by atoms with Gasteiger partial charge in [0.05, 0.1) is 6.07 Å². The molecule has 0 aliphatic heterocycles. The Morgan fingerprint density at radius 3 is 2.83 bits per heavy atom. The first-order valence-electron chi connectivity index (χ1n) is 7.44. The Kier molecular flexibility index (Phi) is 4.92. The van der Waals surface area contributed by atoms with Gasteiger partial charge in [0.2, 0.25) is 5.88 Å². The molecule has 0 atom stereocenters. The zero-order chi connectivity index (χ0) is 16.4. The fraction of sp³-hybridized carbons (Fsp3) is 0.375. The van der Waals surface area contributed by atoms with Gasteiger partial charge in [-0.15, -0.1) is 0 Å². The molecule has 7 heteroatoms. The predicted octanol–water partition coefficient (Wildman–Crippen LogP) is 4.15. The van der Waals surface area contributed by atoms with Crippen LogP contribution >= 0.6 is 23.4 Å². The zero-order valence-electron chi connectivity index (χ0n) is 12.3. The van der Waals surface area contributed by atoms with Crippen LogP contribution in [0.1, 0.15) is 37.3 Å². The maximum Gasteiger partial charge on any atom is 0.258 e. The van der Waals surface area contributed by atoms with Crippen LogP contribution in [0.2, 0.25) is 5.02 Å². The molecule has 1 aliphatic rings. The highest BCUT2D eigenvalue weighted by molar-refractivity contribution is 7.98. The highest BCUT2D eigenvalue weighted by atomic mass is 35.5. The molecule has 3 rings (SSSR count). The van der Waals surface area contributed by atoms with Gasteiger partial charge in [-0.05, 0) is 25.0 Å². The molecule has 1 aliphatic carbocycles.